The molecule has 1 amide bonds. The molecule has 0 bridgehead atoms. The van der Waals surface area contributed by atoms with Crippen LogP contribution in [0.25, 0.3) is 10.9 Å². The Bertz CT molecular complexity index is 1060. The molecule has 0 aliphatic rings. The van der Waals surface area contributed by atoms with Crippen LogP contribution >= 0.6 is 15.9 Å². The summed E-state index contributed by atoms with van der Waals surface area (Å²) in [4.78, 5) is 37.6. The van der Waals surface area contributed by atoms with Crippen LogP contribution in [0, 0.1) is 0 Å². The van der Waals surface area contributed by atoms with E-state index in [-0.39, 0.29) is 29.8 Å². The van der Waals surface area contributed by atoms with E-state index in [1.165, 1.54) is 18.2 Å². The van der Waals surface area contributed by atoms with Crippen molar-refractivity contribution < 1.29 is 24.6 Å². The predicted octanol–water partition coefficient (Wildman–Crippen LogP) is 0.630. The molecule has 138 valence electrons. The van der Waals surface area contributed by atoms with Gasteiger partial charge in [-0.2, -0.15) is 0 Å². The predicted molar refractivity (Wildman–Crippen MR) is 97.1 cm³/mol. The van der Waals surface area contributed by atoms with Crippen molar-refractivity contribution >= 4 is 44.7 Å². The highest BCUT2D eigenvalue weighted by Crippen LogP contribution is 2.26. The SMILES string of the molecule is O=C([O-])c1ccccc1C(=O)NCCc1c(C(=O)[O-])[nH]c2ccc(Br)cc12. The lowest BCUT2D eigenvalue weighted by Crippen LogP contribution is -2.31. The molecular weight excluding hydrogens is 416 g/mol. The minimum atomic E-state index is -1.44. The largest absolute Gasteiger partial charge is 0.545 e. The highest BCUT2D eigenvalue weighted by molar-refractivity contribution is 9.10. The average molecular weight is 429 g/mol. The number of carbonyl (C=O) groups excluding carboxylic acids is 3. The molecule has 8 heteroatoms. The summed E-state index contributed by atoms with van der Waals surface area (Å²) in [7, 11) is 0. The van der Waals surface area contributed by atoms with Crippen LogP contribution in [0.15, 0.2) is 46.9 Å². The van der Waals surface area contributed by atoms with E-state index in [9.17, 15) is 24.6 Å². The van der Waals surface area contributed by atoms with Gasteiger partial charge in [-0.05, 0) is 36.2 Å². The zero-order valence-corrected chi connectivity index (χ0v) is 15.5. The lowest BCUT2D eigenvalue weighted by Gasteiger charge is -2.11. The molecule has 0 aliphatic heterocycles. The molecular formula is C19H13BrN2O5-2. The number of nitrogens with one attached hydrogen (secondary N) is 2. The van der Waals surface area contributed by atoms with Gasteiger partial charge >= 0.3 is 0 Å². The molecule has 0 radical (unpaired) electrons. The molecule has 0 aliphatic carbocycles. The quantitative estimate of drug-likeness (QED) is 0.595. The molecule has 0 unspecified atom stereocenters. The van der Waals surface area contributed by atoms with E-state index >= 15 is 0 Å². The molecule has 0 fully saturated rings. The van der Waals surface area contributed by atoms with Crippen molar-refractivity contribution in [3.05, 3.63) is 69.3 Å². The number of carboxylic acid groups (broad SMARTS) is 2. The number of aromatic nitrogens is 1. The molecule has 3 rings (SSSR count). The zero-order chi connectivity index (χ0) is 19.6. The van der Waals surface area contributed by atoms with Gasteiger partial charge in [0.25, 0.3) is 5.91 Å². The summed E-state index contributed by atoms with van der Waals surface area (Å²) in [6.07, 6.45) is 0.221. The minimum Gasteiger partial charge on any atom is -0.545 e. The Labute approximate surface area is 162 Å². The monoisotopic (exact) mass is 428 g/mol. The second kappa shape index (κ2) is 7.63. The Kier molecular flexibility index (Phi) is 5.27. The summed E-state index contributed by atoms with van der Waals surface area (Å²) >= 11 is 3.35. The summed E-state index contributed by atoms with van der Waals surface area (Å²) < 4.78 is 0.784. The highest BCUT2D eigenvalue weighted by Gasteiger charge is 2.15. The van der Waals surface area contributed by atoms with Crippen molar-refractivity contribution in [3.63, 3.8) is 0 Å². The number of aromatic carboxylic acids is 2. The molecule has 3 aromatic rings. The molecule has 27 heavy (non-hydrogen) atoms. The van der Waals surface area contributed by atoms with Gasteiger partial charge in [0.2, 0.25) is 0 Å². The van der Waals surface area contributed by atoms with Gasteiger partial charge in [0.15, 0.2) is 0 Å². The number of H-pyrrole nitrogens is 1. The van der Waals surface area contributed by atoms with E-state index in [2.05, 4.69) is 26.2 Å². The maximum absolute atomic E-state index is 12.3. The first kappa shape index (κ1) is 18.7. The minimum absolute atomic E-state index is 0.0145. The van der Waals surface area contributed by atoms with Crippen LogP contribution in [-0.4, -0.2) is 29.4 Å². The Morgan fingerprint density at radius 1 is 1.00 bits per heavy atom. The number of halogens is 1. The summed E-state index contributed by atoms with van der Waals surface area (Å²) in [5, 5.41) is 25.8. The van der Waals surface area contributed by atoms with Gasteiger partial charge in [0.05, 0.1) is 17.6 Å². The topological polar surface area (TPSA) is 125 Å². The van der Waals surface area contributed by atoms with Gasteiger partial charge in [-0.25, -0.2) is 0 Å². The Morgan fingerprint density at radius 3 is 2.37 bits per heavy atom. The molecule has 7 nitrogen and oxygen atoms in total. The number of carboxylic acids is 2. The fourth-order valence-electron chi connectivity index (χ4n) is 2.91. The van der Waals surface area contributed by atoms with Crippen molar-refractivity contribution in [1.82, 2.24) is 10.3 Å². The first-order chi connectivity index (χ1) is 12.9. The maximum Gasteiger partial charge on any atom is 0.251 e. The lowest BCUT2D eigenvalue weighted by molar-refractivity contribution is -0.256. The second-order valence-corrected chi connectivity index (χ2v) is 6.71. The number of fused-ring (bicyclic) bond motifs is 1. The van der Waals surface area contributed by atoms with Crippen LogP contribution < -0.4 is 15.5 Å². The molecule has 2 N–H and O–H groups in total. The normalized spacial score (nSPS) is 10.7. The first-order valence-electron chi connectivity index (χ1n) is 7.98. The van der Waals surface area contributed by atoms with Crippen molar-refractivity contribution in [3.8, 4) is 0 Å². The average Bonchev–Trinajstić information content (AvgIpc) is 2.99. The molecule has 0 saturated heterocycles. The number of hydrogen-bond acceptors (Lipinski definition) is 5. The summed E-state index contributed by atoms with van der Waals surface area (Å²) in [6.45, 7) is 0.111. The van der Waals surface area contributed by atoms with E-state index in [0.717, 1.165) is 4.47 Å². The third-order valence-corrected chi connectivity index (χ3v) is 4.62. The van der Waals surface area contributed by atoms with Crippen molar-refractivity contribution in [1.29, 1.82) is 0 Å². The molecule has 1 heterocycles. The maximum atomic E-state index is 12.3. The van der Waals surface area contributed by atoms with Crippen LogP contribution in [0.5, 0.6) is 0 Å². The van der Waals surface area contributed by atoms with E-state index in [0.29, 0.717) is 16.5 Å². The number of carbonyl (C=O) groups is 3. The van der Waals surface area contributed by atoms with Crippen LogP contribution in [-0.2, 0) is 6.42 Å². The molecule has 0 saturated carbocycles. The number of aromatic amines is 1. The van der Waals surface area contributed by atoms with Crippen molar-refractivity contribution in [2.75, 3.05) is 6.54 Å². The lowest BCUT2D eigenvalue weighted by atomic mass is 10.1. The number of rotatable bonds is 6. The molecule has 0 spiro atoms. The van der Waals surface area contributed by atoms with Gasteiger partial charge in [0.1, 0.15) is 0 Å². The van der Waals surface area contributed by atoms with Crippen LogP contribution in [0.2, 0.25) is 0 Å². The van der Waals surface area contributed by atoms with Gasteiger partial charge in [-0.15, -0.1) is 0 Å². The van der Waals surface area contributed by atoms with Crippen molar-refractivity contribution in [2.45, 2.75) is 6.42 Å². The summed E-state index contributed by atoms with van der Waals surface area (Å²) in [6, 6.07) is 11.0. The standard InChI is InChI=1S/C19H15BrN2O5/c20-10-5-6-15-14(9-10)11(16(22-15)19(26)27)7-8-21-17(23)12-3-1-2-4-13(12)18(24)25/h1-6,9,22H,7-8H2,(H,21,23)(H,24,25)(H,26,27)/p-2. The fourth-order valence-corrected chi connectivity index (χ4v) is 3.27. The van der Waals surface area contributed by atoms with E-state index < -0.39 is 17.8 Å². The zero-order valence-electron chi connectivity index (χ0n) is 13.9. The molecule has 0 atom stereocenters. The number of hydrogen-bond donors (Lipinski definition) is 2. The Hall–Kier alpha value is -3.13. The van der Waals surface area contributed by atoms with E-state index in [1.54, 1.807) is 24.3 Å². The smallest absolute Gasteiger partial charge is 0.251 e. The van der Waals surface area contributed by atoms with Gasteiger partial charge in [-0.1, -0.05) is 34.1 Å². The first-order valence-corrected chi connectivity index (χ1v) is 8.78. The fraction of sp³-hybridized carbons (Fsp3) is 0.105. The third-order valence-electron chi connectivity index (χ3n) is 4.12. The Balaban J connectivity index is 1.81. The van der Waals surface area contributed by atoms with Gasteiger partial charge in [-0.3, -0.25) is 4.79 Å². The van der Waals surface area contributed by atoms with Crippen molar-refractivity contribution in [2.24, 2.45) is 0 Å². The Morgan fingerprint density at radius 2 is 1.70 bits per heavy atom. The molecule has 2 aromatic carbocycles. The second-order valence-electron chi connectivity index (χ2n) is 5.79. The van der Waals surface area contributed by atoms with Crippen LogP contribution in [0.3, 0.4) is 0 Å². The number of amides is 1. The molecule has 1 aromatic heterocycles. The summed E-state index contributed by atoms with van der Waals surface area (Å²) in [5.74, 6) is -3.36. The highest BCUT2D eigenvalue weighted by atomic mass is 79.9. The van der Waals surface area contributed by atoms with E-state index in [1.807, 2.05) is 0 Å². The summed E-state index contributed by atoms with van der Waals surface area (Å²) in [5.41, 5.74) is 0.869. The van der Waals surface area contributed by atoms with Gasteiger partial charge in [0, 0.05) is 33.0 Å². The number of benzene rings is 2. The van der Waals surface area contributed by atoms with E-state index in [4.69, 9.17) is 0 Å². The third kappa shape index (κ3) is 3.85. The van der Waals surface area contributed by atoms with Crippen LogP contribution in [0.4, 0.5) is 0 Å². The van der Waals surface area contributed by atoms with Crippen LogP contribution in [0.1, 0.15) is 36.8 Å². The van der Waals surface area contributed by atoms with Gasteiger partial charge < -0.3 is 30.1 Å².